The number of alkyl halides is 1. The van der Waals surface area contributed by atoms with E-state index in [2.05, 4.69) is 30.9 Å². The summed E-state index contributed by atoms with van der Waals surface area (Å²) in [5.74, 6) is -0.127. The van der Waals surface area contributed by atoms with E-state index in [9.17, 15) is 14.5 Å². The van der Waals surface area contributed by atoms with Gasteiger partial charge in [-0.2, -0.15) is 0 Å². The normalized spacial score (nSPS) is 15.7. The molecule has 2 heterocycles. The highest BCUT2D eigenvalue weighted by molar-refractivity contribution is 6.74. The van der Waals surface area contributed by atoms with Crippen molar-refractivity contribution in [3.8, 4) is 11.6 Å². The van der Waals surface area contributed by atoms with Gasteiger partial charge in [-0.3, -0.25) is 15.1 Å². The Balaban J connectivity index is 1.81. The topological polar surface area (TPSA) is 92.3 Å². The number of nitrogens with zero attached hydrogens (tertiary/aromatic N) is 4. The smallest absolute Gasteiger partial charge is 0.354 e. The van der Waals surface area contributed by atoms with Crippen molar-refractivity contribution >= 4 is 14.0 Å². The minimum Gasteiger partial charge on any atom is -0.469 e. The lowest BCUT2D eigenvalue weighted by atomic mass is 10.2. The molecule has 1 fully saturated rings. The predicted octanol–water partition coefficient (Wildman–Crippen LogP) is 5.10. The molecule has 1 aliphatic carbocycles. The number of aryl methyl sites for hydroxylation is 1. The summed E-state index contributed by atoms with van der Waals surface area (Å²) in [6.07, 6.45) is 1.93. The standard InChI is InChI=1S/C21H31FN4O4Si/c1-14-17(8-7-11-23-14)25-18(15-9-10-15)19(26(27)28)20(24-25)29-12-16(22)13-30-31(5,6)21(2,3)4/h7-8,11,15-16H,9-10,12-13H2,1-6H3. The van der Waals surface area contributed by atoms with Gasteiger partial charge in [-0.1, -0.05) is 20.8 Å². The first-order valence-corrected chi connectivity index (χ1v) is 13.4. The fourth-order valence-corrected chi connectivity index (χ4v) is 4.04. The lowest BCUT2D eigenvalue weighted by Crippen LogP contribution is -2.42. The second-order valence-corrected chi connectivity index (χ2v) is 14.4. The molecule has 31 heavy (non-hydrogen) atoms. The van der Waals surface area contributed by atoms with Crippen LogP contribution in [0.4, 0.5) is 10.1 Å². The molecule has 1 saturated carbocycles. The van der Waals surface area contributed by atoms with Gasteiger partial charge in [-0.05, 0) is 50.0 Å². The number of ether oxygens (including phenoxy) is 1. The average Bonchev–Trinajstić information content (AvgIpc) is 3.44. The highest BCUT2D eigenvalue weighted by atomic mass is 28.4. The molecule has 0 N–H and O–H groups in total. The Morgan fingerprint density at radius 2 is 2.03 bits per heavy atom. The molecule has 0 aliphatic heterocycles. The summed E-state index contributed by atoms with van der Waals surface area (Å²) in [4.78, 5) is 15.6. The maximum atomic E-state index is 14.6. The number of rotatable bonds is 9. The Bertz CT molecular complexity index is 953. The van der Waals surface area contributed by atoms with Crippen LogP contribution in [0, 0.1) is 17.0 Å². The lowest BCUT2D eigenvalue weighted by molar-refractivity contribution is -0.386. The minimum atomic E-state index is -2.10. The van der Waals surface area contributed by atoms with Gasteiger partial charge in [0.05, 0.1) is 22.9 Å². The Morgan fingerprint density at radius 1 is 1.35 bits per heavy atom. The summed E-state index contributed by atoms with van der Waals surface area (Å²) in [7, 11) is -2.10. The molecule has 1 atom stereocenters. The van der Waals surface area contributed by atoms with Crippen LogP contribution in [0.25, 0.3) is 5.69 Å². The van der Waals surface area contributed by atoms with Crippen molar-refractivity contribution in [1.82, 2.24) is 14.8 Å². The SMILES string of the molecule is Cc1ncccc1-n1nc(OCC(F)CO[Si](C)(C)C(C)(C)C)c([N+](=O)[O-])c1C1CC1. The fourth-order valence-electron chi connectivity index (χ4n) is 3.01. The number of halogens is 1. The second kappa shape index (κ2) is 8.66. The molecule has 1 unspecified atom stereocenters. The molecule has 0 radical (unpaired) electrons. The molecule has 0 aromatic carbocycles. The van der Waals surface area contributed by atoms with Gasteiger partial charge >= 0.3 is 11.6 Å². The Hall–Kier alpha value is -2.33. The summed E-state index contributed by atoms with van der Waals surface area (Å²) in [6.45, 7) is 11.7. The third-order valence-corrected chi connectivity index (χ3v) is 10.6. The van der Waals surface area contributed by atoms with Crippen molar-refractivity contribution in [1.29, 1.82) is 0 Å². The van der Waals surface area contributed by atoms with Crippen molar-refractivity contribution in [3.05, 3.63) is 39.8 Å². The van der Waals surface area contributed by atoms with E-state index in [1.165, 1.54) is 4.68 Å². The first kappa shape index (κ1) is 23.3. The van der Waals surface area contributed by atoms with E-state index < -0.39 is 19.4 Å². The number of pyridine rings is 1. The Morgan fingerprint density at radius 3 is 2.58 bits per heavy atom. The van der Waals surface area contributed by atoms with Crippen LogP contribution in [0.1, 0.15) is 50.9 Å². The van der Waals surface area contributed by atoms with E-state index in [1.807, 2.05) is 20.0 Å². The summed E-state index contributed by atoms with van der Waals surface area (Å²) in [5.41, 5.74) is 1.65. The zero-order valence-electron chi connectivity index (χ0n) is 19.0. The van der Waals surface area contributed by atoms with Crippen LogP contribution < -0.4 is 4.74 Å². The zero-order valence-corrected chi connectivity index (χ0v) is 20.0. The van der Waals surface area contributed by atoms with Gasteiger partial charge in [-0.15, -0.1) is 5.10 Å². The van der Waals surface area contributed by atoms with Crippen LogP contribution in [0.5, 0.6) is 5.88 Å². The molecular formula is C21H31FN4O4Si. The molecule has 8 nitrogen and oxygen atoms in total. The van der Waals surface area contributed by atoms with E-state index in [0.29, 0.717) is 17.1 Å². The Kier molecular flexibility index (Phi) is 6.52. The van der Waals surface area contributed by atoms with Crippen LogP contribution in [0.15, 0.2) is 18.3 Å². The quantitative estimate of drug-likeness (QED) is 0.300. The predicted molar refractivity (Wildman–Crippen MR) is 118 cm³/mol. The molecule has 0 saturated heterocycles. The van der Waals surface area contributed by atoms with Crippen molar-refractivity contribution in [2.75, 3.05) is 13.2 Å². The summed E-state index contributed by atoms with van der Waals surface area (Å²) in [5, 5.41) is 16.2. The number of hydrogen-bond donors (Lipinski definition) is 0. The highest BCUT2D eigenvalue weighted by Gasteiger charge is 2.41. The van der Waals surface area contributed by atoms with Gasteiger partial charge in [0.1, 0.15) is 12.3 Å². The maximum absolute atomic E-state index is 14.6. The van der Waals surface area contributed by atoms with Gasteiger partial charge < -0.3 is 9.16 Å². The van der Waals surface area contributed by atoms with Gasteiger partial charge in [0.25, 0.3) is 0 Å². The third kappa shape index (κ3) is 5.12. The second-order valence-electron chi connectivity index (χ2n) is 9.57. The summed E-state index contributed by atoms with van der Waals surface area (Å²) < 4.78 is 27.5. The summed E-state index contributed by atoms with van der Waals surface area (Å²) in [6, 6.07) is 3.56. The molecule has 0 bridgehead atoms. The molecule has 0 amide bonds. The fraction of sp³-hybridized carbons (Fsp3) is 0.619. The van der Waals surface area contributed by atoms with Crippen molar-refractivity contribution in [3.63, 3.8) is 0 Å². The molecule has 170 valence electrons. The largest absolute Gasteiger partial charge is 0.469 e. The number of nitro groups is 1. The zero-order chi connectivity index (χ0) is 23.0. The monoisotopic (exact) mass is 450 g/mol. The van der Waals surface area contributed by atoms with Gasteiger partial charge in [-0.25, -0.2) is 9.07 Å². The van der Waals surface area contributed by atoms with E-state index in [-0.39, 0.29) is 35.7 Å². The molecule has 2 aromatic heterocycles. The molecular weight excluding hydrogens is 419 g/mol. The lowest BCUT2D eigenvalue weighted by Gasteiger charge is -2.36. The number of aromatic nitrogens is 3. The van der Waals surface area contributed by atoms with E-state index in [4.69, 9.17) is 9.16 Å². The van der Waals surface area contributed by atoms with Gasteiger partial charge in [0.2, 0.25) is 0 Å². The molecule has 0 spiro atoms. The van der Waals surface area contributed by atoms with E-state index >= 15 is 0 Å². The first-order chi connectivity index (χ1) is 14.4. The van der Waals surface area contributed by atoms with Crippen molar-refractivity contribution in [2.24, 2.45) is 0 Å². The highest BCUT2D eigenvalue weighted by Crippen LogP contribution is 2.48. The van der Waals surface area contributed by atoms with Crippen LogP contribution in [-0.4, -0.2) is 47.4 Å². The molecule has 10 heteroatoms. The van der Waals surface area contributed by atoms with Crippen molar-refractivity contribution < 1.29 is 18.5 Å². The van der Waals surface area contributed by atoms with Crippen LogP contribution >= 0.6 is 0 Å². The van der Waals surface area contributed by atoms with Crippen LogP contribution in [0.2, 0.25) is 18.1 Å². The maximum Gasteiger partial charge on any atom is 0.354 e. The van der Waals surface area contributed by atoms with Crippen molar-refractivity contribution in [2.45, 2.75) is 70.8 Å². The third-order valence-electron chi connectivity index (χ3n) is 6.05. The molecule has 2 aromatic rings. The van der Waals surface area contributed by atoms with Gasteiger partial charge in [0.15, 0.2) is 14.5 Å². The minimum absolute atomic E-state index is 0.0351. The first-order valence-electron chi connectivity index (χ1n) is 10.5. The van der Waals surface area contributed by atoms with E-state index in [1.54, 1.807) is 18.3 Å². The molecule has 3 rings (SSSR count). The van der Waals surface area contributed by atoms with Crippen LogP contribution in [0.3, 0.4) is 0 Å². The number of hydrogen-bond acceptors (Lipinski definition) is 6. The van der Waals surface area contributed by atoms with Gasteiger partial charge in [0, 0.05) is 12.1 Å². The Labute approximate surface area is 183 Å². The van der Waals surface area contributed by atoms with E-state index in [0.717, 1.165) is 12.8 Å². The molecule has 1 aliphatic rings. The van der Waals surface area contributed by atoms with Crippen LogP contribution in [-0.2, 0) is 4.43 Å². The summed E-state index contributed by atoms with van der Waals surface area (Å²) >= 11 is 0. The average molecular weight is 451 g/mol.